The fraction of sp³-hybridized carbons (Fsp3) is 0.130. The molecule has 0 saturated carbocycles. The molecule has 0 spiro atoms. The van der Waals surface area contributed by atoms with E-state index in [4.69, 9.17) is 0 Å². The maximum Gasteiger partial charge on any atom is 0.418 e. The number of nitrogens with zero attached hydrogens (tertiary/aromatic N) is 3. The maximum absolute atomic E-state index is 13.2. The molecule has 2 heterocycles. The van der Waals surface area contributed by atoms with E-state index in [0.717, 1.165) is 23.4 Å². The summed E-state index contributed by atoms with van der Waals surface area (Å²) >= 11 is 0.974. The predicted octanol–water partition coefficient (Wildman–Crippen LogP) is 4.59. The van der Waals surface area contributed by atoms with E-state index in [1.807, 2.05) is 6.07 Å². The lowest BCUT2D eigenvalue weighted by atomic mass is 10.1. The Bertz CT molecular complexity index is 1360. The molecule has 0 radical (unpaired) electrons. The topological polar surface area (TPSA) is 76.9 Å². The zero-order chi connectivity index (χ0) is 23.4. The van der Waals surface area contributed by atoms with Crippen molar-refractivity contribution in [1.29, 1.82) is 0 Å². The fourth-order valence-corrected chi connectivity index (χ4v) is 4.03. The quantitative estimate of drug-likeness (QED) is 0.330. The Morgan fingerprint density at radius 3 is 2.55 bits per heavy atom. The number of pyridine rings is 1. The molecule has 0 atom stereocenters. The number of hydrogen-bond donors (Lipinski definition) is 1. The van der Waals surface area contributed by atoms with E-state index in [-0.39, 0.29) is 28.7 Å². The van der Waals surface area contributed by atoms with Crippen LogP contribution in [0.5, 0.6) is 0 Å². The van der Waals surface area contributed by atoms with Crippen molar-refractivity contribution in [3.05, 3.63) is 94.5 Å². The molecule has 1 amide bonds. The molecule has 168 valence electrons. The second-order valence-corrected chi connectivity index (χ2v) is 7.99. The average molecular weight is 470 g/mol. The number of hydrogen-bond acceptors (Lipinski definition) is 5. The third-order valence-electron chi connectivity index (χ3n) is 4.73. The number of anilines is 1. The smallest absolute Gasteiger partial charge is 0.325 e. The standard InChI is InChI=1S/C23H17F3N4O2S/c24-23(25,26)17-8-2-4-10-19(17)28-20(31)14-33-22-29-18-9-3-1-7-16(18)21(32)30(22)13-15-6-5-11-27-12-15/h1-12H,13-14H2,(H,28,31). The molecule has 33 heavy (non-hydrogen) atoms. The highest BCUT2D eigenvalue weighted by Gasteiger charge is 2.33. The third-order valence-corrected chi connectivity index (χ3v) is 5.71. The van der Waals surface area contributed by atoms with Crippen LogP contribution in [0.15, 0.2) is 83.0 Å². The van der Waals surface area contributed by atoms with Crippen LogP contribution in [0.4, 0.5) is 18.9 Å². The van der Waals surface area contributed by atoms with Gasteiger partial charge in [-0.15, -0.1) is 0 Å². The number of rotatable bonds is 6. The first-order valence-corrected chi connectivity index (χ1v) is 10.8. The Labute approximate surface area is 190 Å². The van der Waals surface area contributed by atoms with Gasteiger partial charge in [0.25, 0.3) is 5.56 Å². The Morgan fingerprint density at radius 1 is 1.03 bits per heavy atom. The molecule has 10 heteroatoms. The first-order chi connectivity index (χ1) is 15.8. The van der Waals surface area contributed by atoms with Crippen LogP contribution in [-0.4, -0.2) is 26.2 Å². The lowest BCUT2D eigenvalue weighted by Gasteiger charge is -2.15. The lowest BCUT2D eigenvalue weighted by Crippen LogP contribution is -2.25. The van der Waals surface area contributed by atoms with Crippen molar-refractivity contribution in [1.82, 2.24) is 14.5 Å². The van der Waals surface area contributed by atoms with Gasteiger partial charge in [0.15, 0.2) is 5.16 Å². The van der Waals surface area contributed by atoms with Crippen LogP contribution in [0.3, 0.4) is 0 Å². The van der Waals surface area contributed by atoms with Gasteiger partial charge in [0.2, 0.25) is 5.91 Å². The molecule has 0 saturated heterocycles. The molecule has 0 aliphatic heterocycles. The van der Waals surface area contributed by atoms with Crippen molar-refractivity contribution in [2.45, 2.75) is 17.9 Å². The van der Waals surface area contributed by atoms with Gasteiger partial charge >= 0.3 is 6.18 Å². The van der Waals surface area contributed by atoms with Gasteiger partial charge in [0.1, 0.15) is 0 Å². The SMILES string of the molecule is O=C(CSc1nc2ccccc2c(=O)n1Cc1cccnc1)Nc1ccccc1C(F)(F)F. The summed E-state index contributed by atoms with van der Waals surface area (Å²) in [7, 11) is 0. The van der Waals surface area contributed by atoms with Gasteiger partial charge < -0.3 is 5.32 Å². The predicted molar refractivity (Wildman–Crippen MR) is 120 cm³/mol. The lowest BCUT2D eigenvalue weighted by molar-refractivity contribution is -0.137. The number of carbonyl (C=O) groups is 1. The first kappa shape index (κ1) is 22.5. The van der Waals surface area contributed by atoms with E-state index in [1.54, 1.807) is 42.7 Å². The Hall–Kier alpha value is -3.66. The van der Waals surface area contributed by atoms with E-state index >= 15 is 0 Å². The highest BCUT2D eigenvalue weighted by atomic mass is 32.2. The van der Waals surface area contributed by atoms with Gasteiger partial charge in [-0.2, -0.15) is 13.2 Å². The molecule has 2 aromatic heterocycles. The van der Waals surface area contributed by atoms with Gasteiger partial charge in [-0.1, -0.05) is 42.1 Å². The van der Waals surface area contributed by atoms with Gasteiger partial charge in [-0.05, 0) is 35.9 Å². The minimum Gasteiger partial charge on any atom is -0.325 e. The van der Waals surface area contributed by atoms with E-state index in [9.17, 15) is 22.8 Å². The largest absolute Gasteiger partial charge is 0.418 e. The second kappa shape index (κ2) is 9.45. The third kappa shape index (κ3) is 5.23. The Kier molecular flexibility index (Phi) is 6.45. The highest BCUT2D eigenvalue weighted by molar-refractivity contribution is 7.99. The van der Waals surface area contributed by atoms with E-state index < -0.39 is 17.6 Å². The minimum atomic E-state index is -4.60. The van der Waals surface area contributed by atoms with Gasteiger partial charge in [0, 0.05) is 12.4 Å². The van der Waals surface area contributed by atoms with Crippen molar-refractivity contribution < 1.29 is 18.0 Å². The Balaban J connectivity index is 1.60. The molecular weight excluding hydrogens is 453 g/mol. The molecule has 1 N–H and O–H groups in total. The number of alkyl halides is 3. The summed E-state index contributed by atoms with van der Waals surface area (Å²) in [6.07, 6.45) is -1.36. The molecular formula is C23H17F3N4O2S. The van der Waals surface area contributed by atoms with Crippen LogP contribution in [-0.2, 0) is 17.5 Å². The zero-order valence-corrected chi connectivity index (χ0v) is 17.9. The molecule has 0 fully saturated rings. The van der Waals surface area contributed by atoms with Gasteiger partial charge in [-0.3, -0.25) is 19.1 Å². The normalized spacial score (nSPS) is 11.5. The number of fused-ring (bicyclic) bond motifs is 1. The fourth-order valence-electron chi connectivity index (χ4n) is 3.23. The van der Waals surface area contributed by atoms with Crippen molar-refractivity contribution in [2.75, 3.05) is 11.1 Å². The number of amides is 1. The first-order valence-electron chi connectivity index (χ1n) is 9.80. The summed E-state index contributed by atoms with van der Waals surface area (Å²) in [5.41, 5.74) is -0.303. The van der Waals surface area contributed by atoms with Crippen molar-refractivity contribution in [3.63, 3.8) is 0 Å². The number of benzene rings is 2. The monoisotopic (exact) mass is 470 g/mol. The number of carbonyl (C=O) groups excluding carboxylic acids is 1. The Morgan fingerprint density at radius 2 is 1.79 bits per heavy atom. The van der Waals surface area contributed by atoms with E-state index in [2.05, 4.69) is 15.3 Å². The van der Waals surface area contributed by atoms with Gasteiger partial charge in [0.05, 0.1) is 34.5 Å². The summed E-state index contributed by atoms with van der Waals surface area (Å²) in [6, 6.07) is 15.1. The summed E-state index contributed by atoms with van der Waals surface area (Å²) in [5, 5.41) is 3.01. The van der Waals surface area contributed by atoms with Crippen molar-refractivity contribution in [2.24, 2.45) is 0 Å². The zero-order valence-electron chi connectivity index (χ0n) is 17.0. The number of aromatic nitrogens is 3. The maximum atomic E-state index is 13.2. The summed E-state index contributed by atoms with van der Waals surface area (Å²) in [5.74, 6) is -0.878. The number of halogens is 3. The van der Waals surface area contributed by atoms with Crippen LogP contribution < -0.4 is 10.9 Å². The molecule has 0 aliphatic rings. The van der Waals surface area contributed by atoms with Crippen LogP contribution in [0.2, 0.25) is 0 Å². The molecule has 2 aromatic carbocycles. The van der Waals surface area contributed by atoms with Crippen LogP contribution in [0.25, 0.3) is 10.9 Å². The molecule has 0 unspecified atom stereocenters. The molecule has 6 nitrogen and oxygen atoms in total. The van der Waals surface area contributed by atoms with E-state index in [0.29, 0.717) is 10.9 Å². The molecule has 0 bridgehead atoms. The summed E-state index contributed by atoms with van der Waals surface area (Å²) < 4.78 is 41.0. The molecule has 0 aliphatic carbocycles. The number of thioether (sulfide) groups is 1. The second-order valence-electron chi connectivity index (χ2n) is 7.04. The van der Waals surface area contributed by atoms with Crippen LogP contribution in [0, 0.1) is 0 Å². The van der Waals surface area contributed by atoms with Crippen molar-refractivity contribution in [3.8, 4) is 0 Å². The molecule has 4 aromatic rings. The number of nitrogens with one attached hydrogen (secondary N) is 1. The van der Waals surface area contributed by atoms with Gasteiger partial charge in [-0.25, -0.2) is 4.98 Å². The highest BCUT2D eigenvalue weighted by Crippen LogP contribution is 2.34. The van der Waals surface area contributed by atoms with Crippen molar-refractivity contribution >= 4 is 34.3 Å². The molecule has 4 rings (SSSR count). The minimum absolute atomic E-state index is 0.186. The average Bonchev–Trinajstić information content (AvgIpc) is 2.80. The van der Waals surface area contributed by atoms with E-state index in [1.165, 1.54) is 22.8 Å². The summed E-state index contributed by atoms with van der Waals surface area (Å²) in [4.78, 5) is 34.1. The summed E-state index contributed by atoms with van der Waals surface area (Å²) in [6.45, 7) is 0.186. The number of para-hydroxylation sites is 2. The van der Waals surface area contributed by atoms with Crippen LogP contribution >= 0.6 is 11.8 Å². The van der Waals surface area contributed by atoms with Crippen LogP contribution in [0.1, 0.15) is 11.1 Å².